The van der Waals surface area contributed by atoms with Gasteiger partial charge < -0.3 is 4.74 Å². The summed E-state index contributed by atoms with van der Waals surface area (Å²) in [4.78, 5) is 3.50. The molecule has 0 unspecified atom stereocenters. The molecule has 0 aromatic heterocycles. The summed E-state index contributed by atoms with van der Waals surface area (Å²) >= 11 is 0. The molecule has 0 fully saturated rings. The van der Waals surface area contributed by atoms with Gasteiger partial charge >= 0.3 is 0 Å². The predicted octanol–water partition coefficient (Wildman–Crippen LogP) is 4.20. The van der Waals surface area contributed by atoms with E-state index in [4.69, 9.17) is 11.3 Å². The highest BCUT2D eigenvalue weighted by Gasteiger charge is 1.95. The molecule has 0 N–H and O–H groups in total. The molecule has 0 radical (unpaired) electrons. The summed E-state index contributed by atoms with van der Waals surface area (Å²) in [5.41, 5.74) is 1.98. The fourth-order valence-electron chi connectivity index (χ4n) is 1.47. The van der Waals surface area contributed by atoms with E-state index in [0.29, 0.717) is 13.2 Å². The third-order valence-electron chi connectivity index (χ3n) is 2.48. The predicted molar refractivity (Wildman–Crippen MR) is 70.3 cm³/mol. The quantitative estimate of drug-likeness (QED) is 0.504. The summed E-state index contributed by atoms with van der Waals surface area (Å²) in [7, 11) is 0. The van der Waals surface area contributed by atoms with Crippen LogP contribution in [0.2, 0.25) is 0 Å². The molecule has 0 spiro atoms. The van der Waals surface area contributed by atoms with Crippen LogP contribution in [0.4, 0.5) is 0 Å². The Balaban J connectivity index is 2.26. The number of hydrogen-bond acceptors (Lipinski definition) is 1. The van der Waals surface area contributed by atoms with Crippen molar-refractivity contribution in [3.05, 3.63) is 59.1 Å². The lowest BCUT2D eigenvalue weighted by atomic mass is 10.2. The number of hydrogen-bond donors (Lipinski definition) is 0. The summed E-state index contributed by atoms with van der Waals surface area (Å²) in [6.07, 6.45) is 4.96. The average molecular weight is 229 g/mol. The first-order chi connectivity index (χ1) is 8.36. The number of ether oxygens (including phenoxy) is 1. The minimum absolute atomic E-state index is 0.524. The highest BCUT2D eigenvalue weighted by Crippen LogP contribution is 2.08. The van der Waals surface area contributed by atoms with Crippen LogP contribution in [0, 0.1) is 6.57 Å². The van der Waals surface area contributed by atoms with Gasteiger partial charge in [0.2, 0.25) is 0 Å². The third kappa shape index (κ3) is 5.89. The molecule has 0 atom stereocenters. The van der Waals surface area contributed by atoms with Crippen molar-refractivity contribution >= 4 is 0 Å². The van der Waals surface area contributed by atoms with Gasteiger partial charge in [0, 0.05) is 0 Å². The van der Waals surface area contributed by atoms with E-state index in [-0.39, 0.29) is 0 Å². The van der Waals surface area contributed by atoms with Gasteiger partial charge in [0.05, 0.1) is 19.8 Å². The lowest BCUT2D eigenvalue weighted by Crippen LogP contribution is -1.93. The molecular weight excluding hydrogens is 210 g/mol. The minimum Gasteiger partial charge on any atom is -0.374 e. The average Bonchev–Trinajstić information content (AvgIpc) is 2.39. The second-order valence-electron chi connectivity index (χ2n) is 3.91. The molecular formula is C15H19NO. The molecule has 0 bridgehead atoms. The Morgan fingerprint density at radius 3 is 2.76 bits per heavy atom. The van der Waals surface area contributed by atoms with Crippen LogP contribution in [0.5, 0.6) is 0 Å². The zero-order valence-corrected chi connectivity index (χ0v) is 10.4. The largest absolute Gasteiger partial charge is 0.374 e. The number of benzene rings is 1. The molecule has 0 saturated carbocycles. The summed E-state index contributed by atoms with van der Waals surface area (Å²) in [5.74, 6) is 0. The van der Waals surface area contributed by atoms with Gasteiger partial charge in [-0.15, -0.1) is 0 Å². The molecule has 0 saturated heterocycles. The smallest absolute Gasteiger partial charge is 0.163 e. The summed E-state index contributed by atoms with van der Waals surface area (Å²) in [6, 6.07) is 10.1. The van der Waals surface area contributed by atoms with Crippen molar-refractivity contribution in [2.45, 2.75) is 32.8 Å². The Labute approximate surface area is 104 Å². The molecule has 90 valence electrons. The minimum atomic E-state index is 0.524. The summed E-state index contributed by atoms with van der Waals surface area (Å²) in [5, 5.41) is 0. The first kappa shape index (κ1) is 13.5. The standard InChI is InChI=1S/C15H19NO/c1-3-4-10-15(16-2)11-12-17-13-14-8-6-5-7-9-14/h5-9,11H,3-4,10,12-13H2,1H3/b15-11-. The van der Waals surface area contributed by atoms with Crippen LogP contribution in [0.15, 0.2) is 42.1 Å². The molecule has 1 aromatic carbocycles. The van der Waals surface area contributed by atoms with E-state index in [1.807, 2.05) is 36.4 Å². The number of nitrogens with zero attached hydrogens (tertiary/aromatic N) is 1. The highest BCUT2D eigenvalue weighted by molar-refractivity contribution is 5.14. The van der Waals surface area contributed by atoms with Crippen molar-refractivity contribution in [3.63, 3.8) is 0 Å². The fourth-order valence-corrected chi connectivity index (χ4v) is 1.47. The first-order valence-corrected chi connectivity index (χ1v) is 6.05. The Kier molecular flexibility index (Phi) is 6.78. The van der Waals surface area contributed by atoms with Gasteiger partial charge in [-0.25, -0.2) is 4.85 Å². The summed E-state index contributed by atoms with van der Waals surface area (Å²) < 4.78 is 5.51. The molecule has 1 aromatic rings. The maximum Gasteiger partial charge on any atom is 0.163 e. The van der Waals surface area contributed by atoms with Crippen LogP contribution in [-0.2, 0) is 11.3 Å². The van der Waals surface area contributed by atoms with Crippen LogP contribution >= 0.6 is 0 Å². The normalized spacial score (nSPS) is 11.2. The Morgan fingerprint density at radius 1 is 1.35 bits per heavy atom. The van der Waals surface area contributed by atoms with Gasteiger partial charge in [0.25, 0.3) is 0 Å². The van der Waals surface area contributed by atoms with Crippen LogP contribution < -0.4 is 0 Å². The molecule has 1 rings (SSSR count). The van der Waals surface area contributed by atoms with E-state index in [1.165, 1.54) is 5.56 Å². The zero-order chi connectivity index (χ0) is 12.3. The maximum absolute atomic E-state index is 7.04. The van der Waals surface area contributed by atoms with Crippen LogP contribution in [0.1, 0.15) is 31.7 Å². The first-order valence-electron chi connectivity index (χ1n) is 6.05. The third-order valence-corrected chi connectivity index (χ3v) is 2.48. The summed E-state index contributed by atoms with van der Waals surface area (Å²) in [6.45, 7) is 10.3. The van der Waals surface area contributed by atoms with Gasteiger partial charge in [-0.05, 0) is 12.0 Å². The van der Waals surface area contributed by atoms with E-state index in [0.717, 1.165) is 25.0 Å². The molecule has 2 nitrogen and oxygen atoms in total. The number of unbranched alkanes of at least 4 members (excludes halogenated alkanes) is 1. The van der Waals surface area contributed by atoms with Gasteiger partial charge in [-0.3, -0.25) is 0 Å². The van der Waals surface area contributed by atoms with E-state index >= 15 is 0 Å². The lowest BCUT2D eigenvalue weighted by Gasteiger charge is -2.02. The van der Waals surface area contributed by atoms with Crippen molar-refractivity contribution in [3.8, 4) is 0 Å². The van der Waals surface area contributed by atoms with Gasteiger partial charge in [0.15, 0.2) is 5.70 Å². The lowest BCUT2D eigenvalue weighted by molar-refractivity contribution is 0.148. The van der Waals surface area contributed by atoms with Crippen LogP contribution in [-0.4, -0.2) is 6.61 Å². The van der Waals surface area contributed by atoms with Crippen molar-refractivity contribution < 1.29 is 4.74 Å². The number of rotatable bonds is 7. The molecule has 2 heteroatoms. The molecule has 0 aliphatic rings. The molecule has 0 aliphatic carbocycles. The van der Waals surface area contributed by atoms with Crippen molar-refractivity contribution in [2.24, 2.45) is 0 Å². The van der Waals surface area contributed by atoms with E-state index in [2.05, 4.69) is 11.8 Å². The van der Waals surface area contributed by atoms with E-state index in [9.17, 15) is 0 Å². The molecule has 0 heterocycles. The molecule has 0 amide bonds. The Morgan fingerprint density at radius 2 is 2.12 bits per heavy atom. The second kappa shape index (κ2) is 8.55. The van der Waals surface area contributed by atoms with Crippen molar-refractivity contribution in [1.29, 1.82) is 0 Å². The van der Waals surface area contributed by atoms with Gasteiger partial charge in [-0.2, -0.15) is 0 Å². The Hall–Kier alpha value is -1.59. The molecule has 17 heavy (non-hydrogen) atoms. The Bertz CT molecular complexity index is 376. The SMILES string of the molecule is [C-]#[N+]/C(=C\COCc1ccccc1)CCCC. The van der Waals surface area contributed by atoms with Crippen LogP contribution in [0.25, 0.3) is 4.85 Å². The monoisotopic (exact) mass is 229 g/mol. The second-order valence-corrected chi connectivity index (χ2v) is 3.91. The highest BCUT2D eigenvalue weighted by atomic mass is 16.5. The van der Waals surface area contributed by atoms with Gasteiger partial charge in [-0.1, -0.05) is 56.2 Å². The molecule has 0 aliphatic heterocycles. The van der Waals surface area contributed by atoms with Crippen LogP contribution in [0.3, 0.4) is 0 Å². The topological polar surface area (TPSA) is 13.6 Å². The van der Waals surface area contributed by atoms with E-state index in [1.54, 1.807) is 0 Å². The zero-order valence-electron chi connectivity index (χ0n) is 10.4. The number of allylic oxidation sites excluding steroid dienone is 1. The van der Waals surface area contributed by atoms with Crippen molar-refractivity contribution in [2.75, 3.05) is 6.61 Å². The fraction of sp³-hybridized carbons (Fsp3) is 0.400. The van der Waals surface area contributed by atoms with Gasteiger partial charge in [0.1, 0.15) is 0 Å². The van der Waals surface area contributed by atoms with E-state index < -0.39 is 0 Å². The maximum atomic E-state index is 7.04. The van der Waals surface area contributed by atoms with Crippen molar-refractivity contribution in [1.82, 2.24) is 0 Å².